The molecule has 3 heterocycles. The van der Waals surface area contributed by atoms with Crippen molar-refractivity contribution < 1.29 is 9.32 Å². The van der Waals surface area contributed by atoms with E-state index in [1.54, 1.807) is 0 Å². The number of rotatable bonds is 5. The fraction of sp³-hybridized carbons (Fsp3) is 0.571. The number of hydrogen-bond acceptors (Lipinski definition) is 5. The second-order valence-electron chi connectivity index (χ2n) is 8.06. The molecule has 2 aliphatic heterocycles. The molecule has 2 aromatic rings. The van der Waals surface area contributed by atoms with Crippen molar-refractivity contribution in [2.24, 2.45) is 5.41 Å². The van der Waals surface area contributed by atoms with Gasteiger partial charge in [0.05, 0.1) is 6.54 Å². The molecule has 2 aliphatic rings. The lowest BCUT2D eigenvalue weighted by molar-refractivity contribution is -0.139. The van der Waals surface area contributed by atoms with E-state index in [1.807, 2.05) is 13.0 Å². The quantitative estimate of drug-likeness (QED) is 0.812. The fourth-order valence-electron chi connectivity index (χ4n) is 4.40. The highest BCUT2D eigenvalue weighted by atomic mass is 16.5. The van der Waals surface area contributed by atoms with Crippen molar-refractivity contribution in [3.05, 3.63) is 47.6 Å². The molecule has 27 heavy (non-hydrogen) atoms. The monoisotopic (exact) mass is 368 g/mol. The van der Waals surface area contributed by atoms with Gasteiger partial charge in [-0.15, -0.1) is 0 Å². The Balaban J connectivity index is 1.31. The molecule has 0 N–H and O–H groups in total. The van der Waals surface area contributed by atoms with Crippen LogP contribution in [-0.2, 0) is 17.8 Å². The van der Waals surface area contributed by atoms with Gasteiger partial charge in [0.1, 0.15) is 0 Å². The first-order valence-corrected chi connectivity index (χ1v) is 9.95. The van der Waals surface area contributed by atoms with E-state index in [4.69, 9.17) is 4.52 Å². The predicted octanol–water partition coefficient (Wildman–Crippen LogP) is 2.83. The van der Waals surface area contributed by atoms with E-state index in [2.05, 4.69) is 44.2 Å². The van der Waals surface area contributed by atoms with Crippen LogP contribution in [0.15, 0.2) is 34.9 Å². The molecule has 0 atom stereocenters. The van der Waals surface area contributed by atoms with E-state index in [1.165, 1.54) is 5.56 Å². The number of amides is 1. The molecule has 0 aliphatic carbocycles. The van der Waals surface area contributed by atoms with Gasteiger partial charge >= 0.3 is 0 Å². The Morgan fingerprint density at radius 1 is 1.15 bits per heavy atom. The van der Waals surface area contributed by atoms with E-state index in [0.29, 0.717) is 24.0 Å². The molecule has 4 rings (SSSR count). The number of carbonyl (C=O) groups excluding carboxylic acids is 1. The first-order valence-electron chi connectivity index (χ1n) is 9.95. The van der Waals surface area contributed by atoms with E-state index in [9.17, 15) is 4.79 Å². The van der Waals surface area contributed by atoms with E-state index < -0.39 is 0 Å². The molecule has 0 bridgehead atoms. The Bertz CT molecular complexity index is 765. The standard InChI is InChI=1S/C21H28N4O2/c1-17-22-19(27-23-17)15-24-13-10-21(11-14-24)9-7-20(26)25(16-21)12-8-18-5-3-2-4-6-18/h2-6H,7-16H2,1H3. The van der Waals surface area contributed by atoms with E-state index in [0.717, 1.165) is 58.4 Å². The first kappa shape index (κ1) is 18.2. The van der Waals surface area contributed by atoms with Crippen LogP contribution in [0.25, 0.3) is 0 Å². The van der Waals surface area contributed by atoms with Crippen LogP contribution in [0.3, 0.4) is 0 Å². The van der Waals surface area contributed by atoms with Crippen molar-refractivity contribution >= 4 is 5.91 Å². The summed E-state index contributed by atoms with van der Waals surface area (Å²) >= 11 is 0. The van der Waals surface area contributed by atoms with Crippen LogP contribution >= 0.6 is 0 Å². The predicted molar refractivity (Wildman–Crippen MR) is 102 cm³/mol. The van der Waals surface area contributed by atoms with Gasteiger partial charge in [0.2, 0.25) is 11.8 Å². The average molecular weight is 368 g/mol. The topological polar surface area (TPSA) is 62.5 Å². The number of hydrogen-bond donors (Lipinski definition) is 0. The summed E-state index contributed by atoms with van der Waals surface area (Å²) in [6.07, 6.45) is 4.93. The van der Waals surface area contributed by atoms with Gasteiger partial charge < -0.3 is 9.42 Å². The number of piperidine rings is 2. The number of nitrogens with zero attached hydrogens (tertiary/aromatic N) is 4. The van der Waals surface area contributed by atoms with Crippen molar-refractivity contribution in [1.82, 2.24) is 19.9 Å². The van der Waals surface area contributed by atoms with Crippen molar-refractivity contribution in [1.29, 1.82) is 0 Å². The summed E-state index contributed by atoms with van der Waals surface area (Å²) in [6.45, 7) is 6.38. The number of aryl methyl sites for hydroxylation is 1. The van der Waals surface area contributed by atoms with Gasteiger partial charge in [-0.05, 0) is 56.7 Å². The summed E-state index contributed by atoms with van der Waals surface area (Å²) in [5.74, 6) is 1.71. The first-order chi connectivity index (χ1) is 13.1. The third-order valence-corrected chi connectivity index (χ3v) is 6.11. The normalized spacial score (nSPS) is 20.3. The molecular formula is C21H28N4O2. The van der Waals surface area contributed by atoms with Gasteiger partial charge in [-0.1, -0.05) is 35.5 Å². The molecule has 0 saturated carbocycles. The summed E-state index contributed by atoms with van der Waals surface area (Å²) < 4.78 is 5.25. The molecule has 1 aromatic heterocycles. The fourth-order valence-corrected chi connectivity index (χ4v) is 4.40. The summed E-state index contributed by atoms with van der Waals surface area (Å²) in [5.41, 5.74) is 1.58. The number of likely N-dealkylation sites (tertiary alicyclic amines) is 2. The smallest absolute Gasteiger partial charge is 0.240 e. The lowest BCUT2D eigenvalue weighted by atomic mass is 9.72. The largest absolute Gasteiger partial charge is 0.342 e. The maximum absolute atomic E-state index is 12.4. The Morgan fingerprint density at radius 3 is 2.63 bits per heavy atom. The Kier molecular flexibility index (Phi) is 5.25. The summed E-state index contributed by atoms with van der Waals surface area (Å²) in [7, 11) is 0. The molecular weight excluding hydrogens is 340 g/mol. The zero-order chi connectivity index (χ0) is 18.7. The second kappa shape index (κ2) is 7.80. The second-order valence-corrected chi connectivity index (χ2v) is 8.06. The van der Waals surface area contributed by atoms with Crippen LogP contribution in [0, 0.1) is 12.3 Å². The Morgan fingerprint density at radius 2 is 1.93 bits per heavy atom. The van der Waals surface area contributed by atoms with Crippen molar-refractivity contribution in [3.8, 4) is 0 Å². The van der Waals surface area contributed by atoms with Crippen molar-refractivity contribution in [3.63, 3.8) is 0 Å². The van der Waals surface area contributed by atoms with Gasteiger partial charge in [0.25, 0.3) is 0 Å². The minimum Gasteiger partial charge on any atom is -0.342 e. The van der Waals surface area contributed by atoms with Gasteiger partial charge in [0, 0.05) is 19.5 Å². The molecule has 144 valence electrons. The summed E-state index contributed by atoms with van der Waals surface area (Å²) in [4.78, 5) is 21.2. The van der Waals surface area contributed by atoms with Gasteiger partial charge in [0.15, 0.2) is 5.82 Å². The van der Waals surface area contributed by atoms with E-state index in [-0.39, 0.29) is 5.41 Å². The molecule has 0 radical (unpaired) electrons. The van der Waals surface area contributed by atoms with Crippen molar-refractivity contribution in [2.75, 3.05) is 26.2 Å². The third-order valence-electron chi connectivity index (χ3n) is 6.11. The summed E-state index contributed by atoms with van der Waals surface area (Å²) in [5, 5.41) is 3.87. The minimum atomic E-state index is 0.284. The molecule has 1 spiro atoms. The molecule has 2 fully saturated rings. The van der Waals surface area contributed by atoms with Crippen LogP contribution in [0.2, 0.25) is 0 Å². The Labute approximate surface area is 160 Å². The number of aromatic nitrogens is 2. The third kappa shape index (κ3) is 4.38. The van der Waals surface area contributed by atoms with Gasteiger partial charge in [-0.2, -0.15) is 4.98 Å². The van der Waals surface area contributed by atoms with Crippen LogP contribution < -0.4 is 0 Å². The highest BCUT2D eigenvalue weighted by molar-refractivity contribution is 5.77. The number of carbonyl (C=O) groups is 1. The lowest BCUT2D eigenvalue weighted by Crippen LogP contribution is -2.51. The Hall–Kier alpha value is -2.21. The molecule has 0 unspecified atom stereocenters. The van der Waals surface area contributed by atoms with Crippen LogP contribution in [-0.4, -0.2) is 52.0 Å². The minimum absolute atomic E-state index is 0.284. The number of benzene rings is 1. The maximum Gasteiger partial charge on any atom is 0.240 e. The molecule has 2 saturated heterocycles. The SMILES string of the molecule is Cc1noc(CN2CCC3(CCC(=O)N(CCc4ccccc4)C3)CC2)n1. The average Bonchev–Trinajstić information content (AvgIpc) is 3.10. The zero-order valence-corrected chi connectivity index (χ0v) is 16.1. The van der Waals surface area contributed by atoms with Crippen LogP contribution in [0.1, 0.15) is 43.0 Å². The maximum atomic E-state index is 12.4. The molecule has 1 amide bonds. The highest BCUT2D eigenvalue weighted by Gasteiger charge is 2.40. The molecule has 1 aromatic carbocycles. The van der Waals surface area contributed by atoms with E-state index >= 15 is 0 Å². The van der Waals surface area contributed by atoms with Crippen molar-refractivity contribution in [2.45, 2.75) is 45.6 Å². The van der Waals surface area contributed by atoms with Gasteiger partial charge in [-0.25, -0.2) is 0 Å². The lowest BCUT2D eigenvalue weighted by Gasteiger charge is -2.47. The van der Waals surface area contributed by atoms with Crippen LogP contribution in [0.4, 0.5) is 0 Å². The highest BCUT2D eigenvalue weighted by Crippen LogP contribution is 2.40. The van der Waals surface area contributed by atoms with Gasteiger partial charge in [-0.3, -0.25) is 9.69 Å². The molecule has 6 heteroatoms. The van der Waals surface area contributed by atoms with Crippen LogP contribution in [0.5, 0.6) is 0 Å². The summed E-state index contributed by atoms with van der Waals surface area (Å²) in [6, 6.07) is 10.4. The zero-order valence-electron chi connectivity index (χ0n) is 16.1. The molecule has 6 nitrogen and oxygen atoms in total.